The van der Waals surface area contributed by atoms with Gasteiger partial charge in [0.05, 0.1) is 0 Å². The molecule has 0 bridgehead atoms. The maximum Gasteiger partial charge on any atom is 0.268 e. The Morgan fingerprint density at radius 1 is 1.28 bits per heavy atom. The van der Waals surface area contributed by atoms with E-state index in [0.717, 1.165) is 6.07 Å². The first-order chi connectivity index (χ1) is 15.0. The van der Waals surface area contributed by atoms with Crippen LogP contribution < -0.4 is 15.4 Å². The number of primary sulfonamides is 1. The third kappa shape index (κ3) is 4.07. The summed E-state index contributed by atoms with van der Waals surface area (Å²) in [5.41, 5.74) is -1.05. The van der Waals surface area contributed by atoms with Crippen LogP contribution in [0, 0.1) is 5.82 Å². The second-order valence-corrected chi connectivity index (χ2v) is 9.44. The highest BCUT2D eigenvalue weighted by atomic mass is 35.5. The number of hydrogen-bond donors (Lipinski definition) is 4. The van der Waals surface area contributed by atoms with Crippen LogP contribution >= 0.6 is 11.6 Å². The van der Waals surface area contributed by atoms with Gasteiger partial charge in [0.15, 0.2) is 0 Å². The van der Waals surface area contributed by atoms with Gasteiger partial charge in [-0.25, -0.2) is 17.9 Å². The Morgan fingerprint density at radius 3 is 2.72 bits per heavy atom. The van der Waals surface area contributed by atoms with Gasteiger partial charge in [-0.1, -0.05) is 11.6 Å². The molecule has 0 spiro atoms. The minimum absolute atomic E-state index is 0.0620. The summed E-state index contributed by atoms with van der Waals surface area (Å²) in [4.78, 5) is 29.4. The van der Waals surface area contributed by atoms with Gasteiger partial charge in [-0.15, -0.1) is 0 Å². The average Bonchev–Trinajstić information content (AvgIpc) is 3.27. The smallest absolute Gasteiger partial charge is 0.268 e. The lowest BCUT2D eigenvalue weighted by atomic mass is 10.0. The largest absolute Gasteiger partial charge is 0.372 e. The Balaban J connectivity index is 1.52. The molecule has 1 aliphatic heterocycles. The summed E-state index contributed by atoms with van der Waals surface area (Å²) in [6.07, 6.45) is -0.158. The number of nitrogens with zero attached hydrogens (tertiary/aromatic N) is 1. The number of carbonyl (C=O) groups excluding carboxylic acids is 2. The molecule has 3 aromatic rings. The fraction of sp³-hybridized carbons (Fsp3) is 0.200. The van der Waals surface area contributed by atoms with Gasteiger partial charge >= 0.3 is 0 Å². The van der Waals surface area contributed by atoms with Crippen LogP contribution in [0.4, 0.5) is 10.1 Å². The third-order valence-electron chi connectivity index (χ3n) is 5.25. The van der Waals surface area contributed by atoms with E-state index in [1.165, 1.54) is 23.1 Å². The van der Waals surface area contributed by atoms with Gasteiger partial charge in [0.25, 0.3) is 21.8 Å². The van der Waals surface area contributed by atoms with E-state index in [4.69, 9.17) is 16.7 Å². The van der Waals surface area contributed by atoms with E-state index in [9.17, 15) is 27.5 Å². The van der Waals surface area contributed by atoms with Crippen molar-refractivity contribution >= 4 is 50.0 Å². The van der Waals surface area contributed by atoms with Crippen molar-refractivity contribution in [3.8, 4) is 0 Å². The Bertz CT molecular complexity index is 1340. The second-order valence-electron chi connectivity index (χ2n) is 7.48. The quantitative estimate of drug-likeness (QED) is 0.408. The van der Waals surface area contributed by atoms with Gasteiger partial charge in [-0.3, -0.25) is 9.59 Å². The minimum Gasteiger partial charge on any atom is -0.372 e. The predicted molar refractivity (Wildman–Crippen MR) is 115 cm³/mol. The van der Waals surface area contributed by atoms with Crippen LogP contribution in [-0.2, 0) is 26.2 Å². The van der Waals surface area contributed by atoms with E-state index in [1.807, 2.05) is 0 Å². The Labute approximate surface area is 187 Å². The molecule has 1 aliphatic rings. The highest BCUT2D eigenvalue weighted by molar-refractivity contribution is 7.89. The lowest BCUT2D eigenvalue weighted by Gasteiger charge is -2.22. The lowest BCUT2D eigenvalue weighted by molar-refractivity contribution is -0.149. The zero-order valence-electron chi connectivity index (χ0n) is 16.4. The number of benzene rings is 2. The molecular formula is C20H18ClFN4O5S. The summed E-state index contributed by atoms with van der Waals surface area (Å²) in [6, 6.07) is 9.76. The third-order valence-corrected chi connectivity index (χ3v) is 6.30. The molecule has 2 aromatic carbocycles. The average molecular weight is 481 g/mol. The number of aromatic amines is 1. The molecule has 0 aliphatic carbocycles. The van der Waals surface area contributed by atoms with Crippen LogP contribution in [-0.4, -0.2) is 42.5 Å². The van der Waals surface area contributed by atoms with Crippen molar-refractivity contribution in [1.82, 2.24) is 10.3 Å². The van der Waals surface area contributed by atoms with Crippen molar-refractivity contribution in [2.45, 2.75) is 23.6 Å². The molecular weight excluding hydrogens is 463 g/mol. The van der Waals surface area contributed by atoms with E-state index in [-0.39, 0.29) is 29.6 Å². The Morgan fingerprint density at radius 2 is 2.03 bits per heavy atom. The maximum atomic E-state index is 13.5. The van der Waals surface area contributed by atoms with Crippen molar-refractivity contribution in [2.75, 3.05) is 11.4 Å². The van der Waals surface area contributed by atoms with Crippen LogP contribution in [0.1, 0.15) is 12.0 Å². The molecule has 2 heterocycles. The van der Waals surface area contributed by atoms with E-state index in [1.54, 1.807) is 18.2 Å². The van der Waals surface area contributed by atoms with Gasteiger partial charge in [0.1, 0.15) is 10.8 Å². The molecule has 2 amide bonds. The topological polar surface area (TPSA) is 146 Å². The van der Waals surface area contributed by atoms with Gasteiger partial charge in [-0.05, 0) is 48.0 Å². The van der Waals surface area contributed by atoms with E-state index in [0.29, 0.717) is 22.2 Å². The number of rotatable bonds is 5. The number of amides is 2. The molecule has 1 aromatic heterocycles. The summed E-state index contributed by atoms with van der Waals surface area (Å²) in [5, 5.41) is 18.8. The summed E-state index contributed by atoms with van der Waals surface area (Å²) in [5.74, 6) is -2.31. The fourth-order valence-electron chi connectivity index (χ4n) is 3.62. The number of nitrogens with one attached hydrogen (secondary N) is 2. The number of halogens is 2. The minimum atomic E-state index is -3.93. The number of hydrogen-bond acceptors (Lipinski definition) is 5. The molecule has 5 N–H and O–H groups in total. The molecule has 9 nitrogen and oxygen atoms in total. The molecule has 168 valence electrons. The van der Waals surface area contributed by atoms with Gasteiger partial charge < -0.3 is 20.3 Å². The van der Waals surface area contributed by atoms with Gasteiger partial charge in [-0.2, -0.15) is 0 Å². The highest BCUT2D eigenvalue weighted by Gasteiger charge is 2.51. The van der Waals surface area contributed by atoms with Crippen LogP contribution in [0.3, 0.4) is 0 Å². The number of aromatic nitrogens is 1. The monoisotopic (exact) mass is 480 g/mol. The van der Waals surface area contributed by atoms with Crippen LogP contribution in [0.2, 0.25) is 5.02 Å². The molecule has 4 rings (SSSR count). The molecule has 32 heavy (non-hydrogen) atoms. The first kappa shape index (κ1) is 22.2. The van der Waals surface area contributed by atoms with Crippen molar-refractivity contribution in [1.29, 1.82) is 0 Å². The van der Waals surface area contributed by atoms with Crippen molar-refractivity contribution in [3.05, 3.63) is 58.9 Å². The molecule has 0 radical (unpaired) electrons. The first-order valence-corrected chi connectivity index (χ1v) is 11.3. The normalized spacial score (nSPS) is 19.0. The number of sulfonamides is 1. The number of nitrogens with two attached hydrogens (primary N) is 1. The summed E-state index contributed by atoms with van der Waals surface area (Å²) < 4.78 is 36.5. The molecule has 1 saturated heterocycles. The van der Waals surface area contributed by atoms with Crippen molar-refractivity contribution < 1.29 is 27.5 Å². The zero-order valence-corrected chi connectivity index (χ0v) is 18.0. The number of aliphatic hydroxyl groups is 1. The molecule has 1 unspecified atom stereocenters. The maximum absolute atomic E-state index is 13.5. The fourth-order valence-corrected chi connectivity index (χ4v) is 4.41. The SMILES string of the molecule is NS(=O)(=O)c1cc2cc(N3CCC(O)(C(=O)NCc4cc(F)cc(Cl)c4)C3=O)ccc2[nH]1. The highest BCUT2D eigenvalue weighted by Crippen LogP contribution is 2.31. The number of H-pyrrole nitrogens is 1. The first-order valence-electron chi connectivity index (χ1n) is 9.40. The Kier molecular flexibility index (Phi) is 5.45. The molecule has 1 atom stereocenters. The van der Waals surface area contributed by atoms with E-state index in [2.05, 4.69) is 10.3 Å². The predicted octanol–water partition coefficient (Wildman–Crippen LogP) is 1.39. The number of anilines is 1. The summed E-state index contributed by atoms with van der Waals surface area (Å²) in [6.45, 7) is -0.0654. The molecule has 1 fully saturated rings. The number of fused-ring (bicyclic) bond motifs is 1. The van der Waals surface area contributed by atoms with Crippen molar-refractivity contribution in [2.24, 2.45) is 5.14 Å². The zero-order chi connectivity index (χ0) is 23.3. The van der Waals surface area contributed by atoms with E-state index >= 15 is 0 Å². The van der Waals surface area contributed by atoms with Gasteiger partial charge in [0, 0.05) is 41.1 Å². The second kappa shape index (κ2) is 7.85. The van der Waals surface area contributed by atoms with Crippen molar-refractivity contribution in [3.63, 3.8) is 0 Å². The number of carbonyl (C=O) groups is 2. The van der Waals surface area contributed by atoms with Crippen LogP contribution in [0.5, 0.6) is 0 Å². The molecule has 0 saturated carbocycles. The van der Waals surface area contributed by atoms with Gasteiger partial charge in [0.2, 0.25) is 5.60 Å². The van der Waals surface area contributed by atoms with E-state index < -0.39 is 33.3 Å². The lowest BCUT2D eigenvalue weighted by Crippen LogP contribution is -2.52. The standard InChI is InChI=1S/C20H18ClFN4O5S/c21-13-5-11(6-14(22)9-13)10-24-18(27)20(29)3-4-26(19(20)28)15-1-2-16-12(7-15)8-17(25-16)32(23,30)31/h1-2,5-9,25,29H,3-4,10H2,(H,24,27)(H2,23,30,31). The van der Waals surface area contributed by atoms with Crippen LogP contribution in [0.15, 0.2) is 47.5 Å². The van der Waals surface area contributed by atoms with Crippen LogP contribution in [0.25, 0.3) is 10.9 Å². The molecule has 12 heteroatoms. The summed E-state index contributed by atoms with van der Waals surface area (Å²) in [7, 11) is -3.93. The Hall–Kier alpha value is -2.99. The summed E-state index contributed by atoms with van der Waals surface area (Å²) >= 11 is 5.79.